The number of carbonyl (C=O) groups is 2. The molecule has 0 bridgehead atoms. The van der Waals surface area contributed by atoms with Gasteiger partial charge < -0.3 is 16.4 Å². The van der Waals surface area contributed by atoms with Gasteiger partial charge in [-0.2, -0.15) is 10.4 Å². The maximum Gasteiger partial charge on any atom is 0.323 e. The Balaban J connectivity index is 1.62. The van der Waals surface area contributed by atoms with Gasteiger partial charge in [0, 0.05) is 17.5 Å². The second-order valence-electron chi connectivity index (χ2n) is 7.57. The highest BCUT2D eigenvalue weighted by atomic mass is 16.2. The number of carbonyl (C=O) groups excluding carboxylic acids is 2. The molecule has 164 valence electrons. The number of aromatic nitrogens is 4. The molecular weight excluding hydrogens is 420 g/mol. The molecule has 10 heteroatoms. The van der Waals surface area contributed by atoms with E-state index < -0.39 is 6.03 Å². The van der Waals surface area contributed by atoms with Crippen LogP contribution in [0.15, 0.2) is 55.1 Å². The Morgan fingerprint density at radius 2 is 1.94 bits per heavy atom. The summed E-state index contributed by atoms with van der Waals surface area (Å²) >= 11 is 0. The highest BCUT2D eigenvalue weighted by Gasteiger charge is 2.22. The van der Waals surface area contributed by atoms with Crippen LogP contribution in [0.25, 0.3) is 5.52 Å². The van der Waals surface area contributed by atoms with E-state index in [1.54, 1.807) is 34.8 Å². The number of nitrogen functional groups attached to an aromatic ring is 1. The molecule has 0 aliphatic rings. The Morgan fingerprint density at radius 1 is 1.15 bits per heavy atom. The lowest BCUT2D eigenvalue weighted by molar-refractivity contribution is 0.104. The molecule has 33 heavy (non-hydrogen) atoms. The molecule has 0 fully saturated rings. The van der Waals surface area contributed by atoms with E-state index in [1.165, 1.54) is 24.8 Å². The zero-order chi connectivity index (χ0) is 23.5. The van der Waals surface area contributed by atoms with Crippen LogP contribution >= 0.6 is 0 Å². The van der Waals surface area contributed by atoms with Crippen molar-refractivity contribution in [3.8, 4) is 6.07 Å². The van der Waals surface area contributed by atoms with Crippen molar-refractivity contribution in [2.24, 2.45) is 0 Å². The molecule has 2 amide bonds. The Hall–Kier alpha value is -4.78. The van der Waals surface area contributed by atoms with Crippen molar-refractivity contribution in [2.45, 2.75) is 19.8 Å². The van der Waals surface area contributed by atoms with Gasteiger partial charge in [-0.1, -0.05) is 26.0 Å². The number of pyridine rings is 1. The molecule has 3 aromatic heterocycles. The number of nitrogens with zero attached hydrogens (tertiary/aromatic N) is 5. The van der Waals surface area contributed by atoms with Crippen LogP contribution in [-0.4, -0.2) is 31.4 Å². The number of rotatable bonds is 5. The van der Waals surface area contributed by atoms with Gasteiger partial charge in [-0.05, 0) is 30.2 Å². The maximum absolute atomic E-state index is 13.3. The lowest BCUT2D eigenvalue weighted by atomic mass is 10.0. The fourth-order valence-electron chi connectivity index (χ4n) is 3.44. The Morgan fingerprint density at radius 3 is 2.70 bits per heavy atom. The van der Waals surface area contributed by atoms with Crippen LogP contribution < -0.4 is 16.4 Å². The maximum atomic E-state index is 13.3. The number of para-hydroxylation sites is 1. The lowest BCUT2D eigenvalue weighted by Gasteiger charge is -2.09. The van der Waals surface area contributed by atoms with E-state index in [-0.39, 0.29) is 23.1 Å². The molecule has 0 unspecified atom stereocenters. The average molecular weight is 440 g/mol. The number of hydrogen-bond donors (Lipinski definition) is 3. The first-order valence-electron chi connectivity index (χ1n) is 10.1. The zero-order valence-corrected chi connectivity index (χ0v) is 17.9. The Bertz CT molecular complexity index is 1420. The second-order valence-corrected chi connectivity index (χ2v) is 7.57. The summed E-state index contributed by atoms with van der Waals surface area (Å²) in [5.74, 6) is -0.0373. The molecule has 0 spiro atoms. The molecule has 0 aliphatic heterocycles. The second kappa shape index (κ2) is 8.76. The molecule has 4 N–H and O–H groups in total. The van der Waals surface area contributed by atoms with E-state index in [0.29, 0.717) is 28.0 Å². The summed E-state index contributed by atoms with van der Waals surface area (Å²) in [6.45, 7) is 3.98. The minimum absolute atomic E-state index is 0.0967. The molecule has 10 nitrogen and oxygen atoms in total. The van der Waals surface area contributed by atoms with Crippen molar-refractivity contribution < 1.29 is 9.59 Å². The van der Waals surface area contributed by atoms with E-state index in [1.807, 2.05) is 19.9 Å². The molecular formula is C23H20N8O2. The zero-order valence-electron chi connectivity index (χ0n) is 17.9. The van der Waals surface area contributed by atoms with Gasteiger partial charge >= 0.3 is 6.03 Å². The van der Waals surface area contributed by atoms with E-state index >= 15 is 0 Å². The summed E-state index contributed by atoms with van der Waals surface area (Å²) in [7, 11) is 0. The molecule has 0 radical (unpaired) electrons. The number of hydrogen-bond acceptors (Lipinski definition) is 7. The molecule has 0 saturated heterocycles. The summed E-state index contributed by atoms with van der Waals surface area (Å²) in [6.07, 6.45) is 4.17. The van der Waals surface area contributed by atoms with Crippen molar-refractivity contribution in [2.75, 3.05) is 16.4 Å². The number of nitrogens with one attached hydrogen (secondary N) is 2. The number of benzene rings is 1. The fraction of sp³-hybridized carbons (Fsp3) is 0.130. The van der Waals surface area contributed by atoms with Crippen molar-refractivity contribution in [1.29, 1.82) is 5.26 Å². The highest BCUT2D eigenvalue weighted by Crippen LogP contribution is 2.27. The number of amides is 2. The SMILES string of the molecule is CC(C)c1cc(C(=O)c2cncc(NC(=O)Nc3ccccc3C#N)c2)c2c(N)ncnn12. The minimum atomic E-state index is -0.571. The van der Waals surface area contributed by atoms with Crippen LogP contribution in [0.1, 0.15) is 46.9 Å². The molecule has 0 atom stereocenters. The van der Waals surface area contributed by atoms with Crippen molar-refractivity contribution in [1.82, 2.24) is 19.6 Å². The molecule has 0 saturated carbocycles. The average Bonchev–Trinajstić information content (AvgIpc) is 3.20. The standard InChI is InChI=1S/C23H20N8O2/c1-13(2)19-8-17(20-22(25)27-12-28-31(19)20)21(32)15-7-16(11-26-10-15)29-23(33)30-18-6-4-3-5-14(18)9-24/h3-8,10-13H,1-2H3,(H2,25,27,28)(H2,29,30,33). The number of anilines is 3. The molecule has 4 rings (SSSR count). The van der Waals surface area contributed by atoms with Gasteiger partial charge in [-0.3, -0.25) is 9.78 Å². The van der Waals surface area contributed by atoms with E-state index in [4.69, 9.17) is 11.0 Å². The van der Waals surface area contributed by atoms with Crippen LogP contribution in [0, 0.1) is 11.3 Å². The van der Waals surface area contributed by atoms with E-state index in [9.17, 15) is 9.59 Å². The minimum Gasteiger partial charge on any atom is -0.382 e. The molecule has 0 aliphatic carbocycles. The van der Waals surface area contributed by atoms with Crippen LogP contribution in [0.3, 0.4) is 0 Å². The number of nitriles is 1. The topological polar surface area (TPSA) is 151 Å². The van der Waals surface area contributed by atoms with Crippen molar-refractivity contribution >= 4 is 34.5 Å². The Kier molecular flexibility index (Phi) is 5.69. The number of urea groups is 1. The summed E-state index contributed by atoms with van der Waals surface area (Å²) in [5.41, 5.74) is 8.92. The third kappa shape index (κ3) is 4.20. The summed E-state index contributed by atoms with van der Waals surface area (Å²) < 4.78 is 1.62. The van der Waals surface area contributed by atoms with Crippen LogP contribution in [0.4, 0.5) is 22.0 Å². The van der Waals surface area contributed by atoms with Gasteiger partial charge in [-0.25, -0.2) is 14.3 Å². The van der Waals surface area contributed by atoms with Gasteiger partial charge in [0.05, 0.1) is 28.7 Å². The van der Waals surface area contributed by atoms with Crippen LogP contribution in [-0.2, 0) is 0 Å². The molecule has 4 aromatic rings. The number of ketones is 1. The predicted molar refractivity (Wildman–Crippen MR) is 123 cm³/mol. The molecule has 1 aromatic carbocycles. The number of fused-ring (bicyclic) bond motifs is 1. The summed E-state index contributed by atoms with van der Waals surface area (Å²) in [4.78, 5) is 33.9. The van der Waals surface area contributed by atoms with Gasteiger partial charge in [0.15, 0.2) is 11.6 Å². The number of nitrogens with two attached hydrogens (primary N) is 1. The predicted octanol–water partition coefficient (Wildman–Crippen LogP) is 3.58. The van der Waals surface area contributed by atoms with Crippen LogP contribution in [0.2, 0.25) is 0 Å². The van der Waals surface area contributed by atoms with Crippen LogP contribution in [0.5, 0.6) is 0 Å². The van der Waals surface area contributed by atoms with Gasteiger partial charge in [0.25, 0.3) is 0 Å². The first kappa shape index (κ1) is 21.5. The normalized spacial score (nSPS) is 10.7. The van der Waals surface area contributed by atoms with E-state index in [0.717, 1.165) is 5.69 Å². The summed E-state index contributed by atoms with van der Waals surface area (Å²) in [5, 5.41) is 18.7. The van der Waals surface area contributed by atoms with E-state index in [2.05, 4.69) is 25.7 Å². The molecule has 3 heterocycles. The fourth-order valence-corrected chi connectivity index (χ4v) is 3.44. The van der Waals surface area contributed by atoms with Crippen molar-refractivity contribution in [3.05, 3.63) is 77.5 Å². The Labute approximate surface area is 189 Å². The largest absolute Gasteiger partial charge is 0.382 e. The summed E-state index contributed by atoms with van der Waals surface area (Å²) in [6, 6.07) is 11.3. The highest BCUT2D eigenvalue weighted by molar-refractivity contribution is 6.15. The lowest BCUT2D eigenvalue weighted by Crippen LogP contribution is -2.20. The van der Waals surface area contributed by atoms with Gasteiger partial charge in [0.2, 0.25) is 0 Å². The van der Waals surface area contributed by atoms with Gasteiger partial charge in [0.1, 0.15) is 17.9 Å². The quantitative estimate of drug-likeness (QED) is 0.401. The smallest absolute Gasteiger partial charge is 0.323 e. The third-order valence-electron chi connectivity index (χ3n) is 5.00. The first-order valence-corrected chi connectivity index (χ1v) is 10.1. The van der Waals surface area contributed by atoms with Gasteiger partial charge in [-0.15, -0.1) is 0 Å². The third-order valence-corrected chi connectivity index (χ3v) is 5.00. The monoisotopic (exact) mass is 440 g/mol. The van der Waals surface area contributed by atoms with Crippen molar-refractivity contribution in [3.63, 3.8) is 0 Å². The first-order chi connectivity index (χ1) is 15.9.